The molecule has 0 spiro atoms. The molecule has 0 saturated heterocycles. The van der Waals surface area contributed by atoms with Crippen LogP contribution in [0.15, 0.2) is 66.7 Å². The number of aryl methyl sites for hydroxylation is 1. The van der Waals surface area contributed by atoms with Crippen LogP contribution in [0.4, 0.5) is 0 Å². The summed E-state index contributed by atoms with van der Waals surface area (Å²) in [6.07, 6.45) is 0. The lowest BCUT2D eigenvalue weighted by atomic mass is 10.1. The summed E-state index contributed by atoms with van der Waals surface area (Å²) in [5, 5.41) is 10.8. The molecule has 30 heavy (non-hydrogen) atoms. The molecule has 156 valence electrons. The second-order valence-electron chi connectivity index (χ2n) is 7.44. The van der Waals surface area contributed by atoms with Crippen molar-refractivity contribution in [1.82, 2.24) is 15.1 Å². The van der Waals surface area contributed by atoms with Crippen LogP contribution in [0.1, 0.15) is 28.1 Å². The smallest absolute Gasteiger partial charge is 0.119 e. The zero-order valence-electron chi connectivity index (χ0n) is 17.7. The monoisotopic (exact) mass is 421 g/mol. The van der Waals surface area contributed by atoms with Gasteiger partial charge in [-0.15, -0.1) is 12.4 Å². The topological polar surface area (TPSA) is 39.1 Å². The number of aromatic nitrogens is 2. The highest BCUT2D eigenvalue weighted by molar-refractivity contribution is 5.85. The van der Waals surface area contributed by atoms with E-state index in [1.54, 1.807) is 7.11 Å². The largest absolute Gasteiger partial charge is 0.497 e. The van der Waals surface area contributed by atoms with Gasteiger partial charge in [-0.1, -0.05) is 48.5 Å². The third-order valence-electron chi connectivity index (χ3n) is 5.45. The average Bonchev–Trinajstić information content (AvgIpc) is 3.01. The maximum absolute atomic E-state index is 5.31. The molecule has 1 heterocycles. The second-order valence-corrected chi connectivity index (χ2v) is 7.44. The minimum atomic E-state index is 0. The highest BCUT2D eigenvalue weighted by Crippen LogP contribution is 2.22. The summed E-state index contributed by atoms with van der Waals surface area (Å²) in [5.74, 6) is 0.891. The fraction of sp³-hybridized carbons (Fsp3) is 0.240. The first-order chi connectivity index (χ1) is 14.1. The Labute approximate surface area is 184 Å². The van der Waals surface area contributed by atoms with E-state index in [4.69, 9.17) is 9.84 Å². The third kappa shape index (κ3) is 4.84. The van der Waals surface area contributed by atoms with Crippen LogP contribution in [-0.2, 0) is 19.6 Å². The first-order valence-corrected chi connectivity index (χ1v) is 9.98. The van der Waals surface area contributed by atoms with Gasteiger partial charge < -0.3 is 10.1 Å². The lowest BCUT2D eigenvalue weighted by Gasteiger charge is -2.09. The predicted molar refractivity (Wildman–Crippen MR) is 126 cm³/mol. The van der Waals surface area contributed by atoms with Crippen molar-refractivity contribution in [3.8, 4) is 5.75 Å². The Hall–Kier alpha value is -2.82. The van der Waals surface area contributed by atoms with Crippen LogP contribution in [0.3, 0.4) is 0 Å². The number of halogens is 1. The molecule has 1 aromatic heterocycles. The number of rotatable bonds is 7. The van der Waals surface area contributed by atoms with Crippen LogP contribution in [0.2, 0.25) is 0 Å². The summed E-state index contributed by atoms with van der Waals surface area (Å²) in [6.45, 7) is 6.69. The van der Waals surface area contributed by atoms with Gasteiger partial charge in [0.25, 0.3) is 0 Å². The number of nitrogens with one attached hydrogen (secondary N) is 1. The van der Waals surface area contributed by atoms with Gasteiger partial charge in [0.2, 0.25) is 0 Å². The molecule has 3 aromatic carbocycles. The zero-order chi connectivity index (χ0) is 20.2. The highest BCUT2D eigenvalue weighted by atomic mass is 35.5. The van der Waals surface area contributed by atoms with E-state index in [0.29, 0.717) is 0 Å². The number of hydrogen-bond acceptors (Lipinski definition) is 3. The van der Waals surface area contributed by atoms with E-state index in [1.165, 1.54) is 33.2 Å². The zero-order valence-corrected chi connectivity index (χ0v) is 18.5. The molecule has 0 aliphatic heterocycles. The summed E-state index contributed by atoms with van der Waals surface area (Å²) >= 11 is 0. The number of fused-ring (bicyclic) bond motifs is 1. The molecule has 0 aliphatic rings. The lowest BCUT2D eigenvalue weighted by molar-refractivity contribution is 0.415. The third-order valence-corrected chi connectivity index (χ3v) is 5.45. The first-order valence-electron chi connectivity index (χ1n) is 9.98. The first kappa shape index (κ1) is 21.9. The number of nitrogens with zero attached hydrogens (tertiary/aromatic N) is 2. The molecule has 0 saturated carbocycles. The Morgan fingerprint density at radius 3 is 2.37 bits per heavy atom. The van der Waals surface area contributed by atoms with Crippen molar-refractivity contribution in [1.29, 1.82) is 0 Å². The van der Waals surface area contributed by atoms with Crippen molar-refractivity contribution in [2.45, 2.75) is 33.5 Å². The molecular formula is C25H28ClN3O. The van der Waals surface area contributed by atoms with Crippen molar-refractivity contribution in [3.63, 3.8) is 0 Å². The maximum atomic E-state index is 5.31. The summed E-state index contributed by atoms with van der Waals surface area (Å²) in [6, 6.07) is 23.2. The second kappa shape index (κ2) is 9.79. The highest BCUT2D eigenvalue weighted by Gasteiger charge is 2.11. The van der Waals surface area contributed by atoms with Crippen LogP contribution in [0, 0.1) is 13.8 Å². The molecule has 0 amide bonds. The van der Waals surface area contributed by atoms with Gasteiger partial charge in [-0.3, -0.25) is 4.68 Å². The van der Waals surface area contributed by atoms with Crippen LogP contribution >= 0.6 is 12.4 Å². The Morgan fingerprint density at radius 2 is 1.60 bits per heavy atom. The standard InChI is InChI=1S/C25H27N3O.ClH/c1-18-25(19(2)28(27-18)17-20-7-5-4-6-8-20)16-26-15-21-9-10-23-14-24(29-3)12-11-22(23)13-21;/h4-14,26H,15-17H2,1-3H3;1H. The van der Waals surface area contributed by atoms with E-state index in [0.717, 1.165) is 31.1 Å². The van der Waals surface area contributed by atoms with Gasteiger partial charge in [0.05, 0.1) is 19.3 Å². The van der Waals surface area contributed by atoms with E-state index in [2.05, 4.69) is 78.4 Å². The van der Waals surface area contributed by atoms with Crippen molar-refractivity contribution < 1.29 is 4.74 Å². The number of hydrogen-bond donors (Lipinski definition) is 1. The molecule has 4 aromatic rings. The minimum Gasteiger partial charge on any atom is -0.497 e. The molecule has 0 unspecified atom stereocenters. The molecule has 4 nitrogen and oxygen atoms in total. The van der Waals surface area contributed by atoms with E-state index >= 15 is 0 Å². The predicted octanol–water partition coefficient (Wildman–Crippen LogP) is 5.42. The summed E-state index contributed by atoms with van der Waals surface area (Å²) in [4.78, 5) is 0. The van der Waals surface area contributed by atoms with Crippen molar-refractivity contribution in [2.24, 2.45) is 0 Å². The normalized spacial score (nSPS) is 10.8. The molecule has 4 rings (SSSR count). The average molecular weight is 422 g/mol. The van der Waals surface area contributed by atoms with Gasteiger partial charge in [-0.05, 0) is 53.9 Å². The van der Waals surface area contributed by atoms with Gasteiger partial charge in [-0.25, -0.2) is 0 Å². The number of benzene rings is 3. The van der Waals surface area contributed by atoms with E-state index in [-0.39, 0.29) is 12.4 Å². The van der Waals surface area contributed by atoms with Gasteiger partial charge in [0, 0.05) is 24.3 Å². The van der Waals surface area contributed by atoms with E-state index in [1.807, 2.05) is 12.1 Å². The fourth-order valence-corrected chi connectivity index (χ4v) is 3.74. The van der Waals surface area contributed by atoms with Crippen molar-refractivity contribution in [2.75, 3.05) is 7.11 Å². The number of ether oxygens (including phenoxy) is 1. The fourth-order valence-electron chi connectivity index (χ4n) is 3.74. The molecule has 0 radical (unpaired) electrons. The molecule has 0 fully saturated rings. The van der Waals surface area contributed by atoms with Crippen LogP contribution in [0.5, 0.6) is 5.75 Å². The Balaban J connectivity index is 0.00000256. The van der Waals surface area contributed by atoms with Crippen LogP contribution < -0.4 is 10.1 Å². The molecule has 1 N–H and O–H groups in total. The molecular weight excluding hydrogens is 394 g/mol. The molecule has 0 bridgehead atoms. The van der Waals surface area contributed by atoms with E-state index in [9.17, 15) is 0 Å². The molecule has 0 aliphatic carbocycles. The Kier molecular flexibility index (Phi) is 7.14. The van der Waals surface area contributed by atoms with E-state index < -0.39 is 0 Å². The summed E-state index contributed by atoms with van der Waals surface area (Å²) < 4.78 is 7.41. The van der Waals surface area contributed by atoms with Gasteiger partial charge in [0.1, 0.15) is 5.75 Å². The number of methoxy groups -OCH3 is 1. The van der Waals surface area contributed by atoms with Gasteiger partial charge >= 0.3 is 0 Å². The summed E-state index contributed by atoms with van der Waals surface area (Å²) in [5.41, 5.74) is 6.15. The van der Waals surface area contributed by atoms with Crippen LogP contribution in [0.25, 0.3) is 10.8 Å². The maximum Gasteiger partial charge on any atom is 0.119 e. The van der Waals surface area contributed by atoms with Gasteiger partial charge in [-0.2, -0.15) is 5.10 Å². The van der Waals surface area contributed by atoms with Crippen molar-refractivity contribution in [3.05, 3.63) is 94.8 Å². The molecule has 0 atom stereocenters. The van der Waals surface area contributed by atoms with Crippen LogP contribution in [-0.4, -0.2) is 16.9 Å². The minimum absolute atomic E-state index is 0. The van der Waals surface area contributed by atoms with Crippen molar-refractivity contribution >= 4 is 23.2 Å². The lowest BCUT2D eigenvalue weighted by Crippen LogP contribution is -2.14. The Bertz CT molecular complexity index is 1120. The van der Waals surface area contributed by atoms with Gasteiger partial charge in [0.15, 0.2) is 0 Å². The quantitative estimate of drug-likeness (QED) is 0.433. The molecule has 5 heteroatoms. The Morgan fingerprint density at radius 1 is 0.867 bits per heavy atom. The summed E-state index contributed by atoms with van der Waals surface area (Å²) in [7, 11) is 1.70. The SMILES string of the molecule is COc1ccc2cc(CNCc3c(C)nn(Cc4ccccc4)c3C)ccc2c1.Cl.